The fourth-order valence-corrected chi connectivity index (χ4v) is 7.92. The SMILES string of the molecule is CC(C)C[C@H](NC(=O)[C@H](Cc1cnc[nH]1)NC(=O)[C@H](CCCCN)NC(=O)[C@H](Cc1ccc(O)cc1)NC(=O)[C@H](CCCN=C(N)N)NC(=O)[C@H](CCCCN)NC(=O)[C@@H](N)CC(C)C)C(=O)N[C@H](C(=O)O)C(C)C. The maximum Gasteiger partial charge on any atom is 0.326 e. The number of nitrogens with one attached hydrogen (secondary N) is 8. The van der Waals surface area contributed by atoms with Crippen LogP contribution in [0.1, 0.15) is 117 Å². The Labute approximate surface area is 439 Å². The summed E-state index contributed by atoms with van der Waals surface area (Å²) in [6.07, 6.45) is 5.15. The topological polar surface area (TPSA) is 432 Å². The number of carboxylic acids is 1. The van der Waals surface area contributed by atoms with Crippen LogP contribution in [-0.2, 0) is 51.2 Å². The summed E-state index contributed by atoms with van der Waals surface area (Å²) < 4.78 is 0. The zero-order valence-electron chi connectivity index (χ0n) is 44.4. The van der Waals surface area contributed by atoms with E-state index < -0.39 is 102 Å². The third-order valence-corrected chi connectivity index (χ3v) is 12.0. The Morgan fingerprint density at radius 3 is 1.47 bits per heavy atom. The highest BCUT2D eigenvalue weighted by molar-refractivity contribution is 5.97. The molecular weight excluding hydrogens is 971 g/mol. The normalized spacial score (nSPS) is 14.5. The van der Waals surface area contributed by atoms with E-state index in [4.69, 9.17) is 28.7 Å². The first-order valence-electron chi connectivity index (χ1n) is 25.8. The predicted octanol–water partition coefficient (Wildman–Crippen LogP) is -1.23. The van der Waals surface area contributed by atoms with Gasteiger partial charge in [-0.05, 0) is 113 Å². The second kappa shape index (κ2) is 33.9. The van der Waals surface area contributed by atoms with Gasteiger partial charge < -0.3 is 81.1 Å². The number of amides is 7. The minimum atomic E-state index is -1.42. The number of guanidine groups is 1. The molecule has 0 saturated carbocycles. The fraction of sp³-hybridized carbons (Fsp3) is 0.640. The minimum absolute atomic E-state index is 0.0266. The van der Waals surface area contributed by atoms with Crippen molar-refractivity contribution >= 4 is 53.3 Å². The maximum atomic E-state index is 14.6. The number of aromatic nitrogens is 2. The molecule has 25 heteroatoms. The summed E-state index contributed by atoms with van der Waals surface area (Å²) in [5.41, 5.74) is 29.7. The number of nitrogens with zero attached hydrogens (tertiary/aromatic N) is 2. The van der Waals surface area contributed by atoms with Gasteiger partial charge in [-0.3, -0.25) is 38.6 Å². The number of hydrogen-bond donors (Lipinski definition) is 15. The standard InChI is InChI=1S/C50H85N15O10/c1-28(2)22-34(53)42(67)59-35(12-7-9-19-51)43(68)60-37(14-11-21-57-50(54)55)45(70)63-39(24-31-15-17-33(66)18-16-31)46(71)61-36(13-8-10-20-52)44(69)64-40(25-32-26-56-27-58-32)47(72)62-38(23-29(3)4)48(73)65-41(30(5)6)49(74)75/h15-18,26-30,34-41,66H,7-14,19-25,51-53H2,1-6H3,(H,56,58)(H,59,67)(H,60,68)(H,61,71)(H,62,72)(H,63,70)(H,64,69)(H,65,73)(H,74,75)(H4,54,55,57)/t34-,35-,36-,37-,38-,39-,40-,41-/m0/s1. The number of carbonyl (C=O) groups is 8. The number of H-pyrrole nitrogens is 1. The van der Waals surface area contributed by atoms with Gasteiger partial charge in [-0.25, -0.2) is 9.78 Å². The Morgan fingerprint density at radius 1 is 0.587 bits per heavy atom. The molecule has 1 aromatic carbocycles. The van der Waals surface area contributed by atoms with Gasteiger partial charge in [0.2, 0.25) is 41.4 Å². The fourth-order valence-electron chi connectivity index (χ4n) is 7.92. The van der Waals surface area contributed by atoms with Gasteiger partial charge >= 0.3 is 5.97 Å². The number of aliphatic imine (C=N–C) groups is 1. The Balaban J connectivity index is 2.58. The zero-order chi connectivity index (χ0) is 56.2. The zero-order valence-corrected chi connectivity index (χ0v) is 44.4. The van der Waals surface area contributed by atoms with Gasteiger partial charge in [0.05, 0.1) is 12.4 Å². The highest BCUT2D eigenvalue weighted by atomic mass is 16.4. The third kappa shape index (κ3) is 24.8. The average Bonchev–Trinajstić information content (AvgIpc) is 3.85. The van der Waals surface area contributed by atoms with Crippen molar-refractivity contribution in [3.63, 3.8) is 0 Å². The minimum Gasteiger partial charge on any atom is -0.508 e. The van der Waals surface area contributed by atoms with Crippen LogP contribution in [0.4, 0.5) is 0 Å². The van der Waals surface area contributed by atoms with Crippen molar-refractivity contribution < 1.29 is 48.6 Å². The van der Waals surface area contributed by atoms with Crippen LogP contribution in [0, 0.1) is 17.8 Å². The predicted molar refractivity (Wildman–Crippen MR) is 283 cm³/mol. The number of aromatic amines is 1. The number of carbonyl (C=O) groups excluding carboxylic acids is 7. The maximum absolute atomic E-state index is 14.6. The number of unbranched alkanes of at least 4 members (excludes halogenated alkanes) is 2. The molecule has 0 aliphatic rings. The van der Waals surface area contributed by atoms with E-state index in [1.807, 2.05) is 27.7 Å². The number of aromatic hydroxyl groups is 1. The Morgan fingerprint density at radius 2 is 1.03 bits per heavy atom. The average molecular weight is 1060 g/mol. The third-order valence-electron chi connectivity index (χ3n) is 12.0. The van der Waals surface area contributed by atoms with Crippen molar-refractivity contribution in [1.29, 1.82) is 0 Å². The van der Waals surface area contributed by atoms with E-state index in [1.54, 1.807) is 13.8 Å². The molecule has 7 amide bonds. The first-order valence-corrected chi connectivity index (χ1v) is 25.8. The second-order valence-electron chi connectivity index (χ2n) is 20.0. The molecule has 1 aromatic heterocycles. The van der Waals surface area contributed by atoms with Gasteiger partial charge in [0.1, 0.15) is 48.0 Å². The number of imidazole rings is 1. The molecule has 8 atom stereocenters. The molecule has 0 aliphatic carbocycles. The Bertz CT molecular complexity index is 2140. The van der Waals surface area contributed by atoms with Crippen LogP contribution in [0.2, 0.25) is 0 Å². The van der Waals surface area contributed by atoms with Gasteiger partial charge in [0.25, 0.3) is 0 Å². The number of nitrogens with two attached hydrogens (primary N) is 5. The molecule has 25 nitrogen and oxygen atoms in total. The van der Waals surface area contributed by atoms with Gasteiger partial charge in [-0.1, -0.05) is 53.7 Å². The summed E-state index contributed by atoms with van der Waals surface area (Å²) in [4.78, 5) is 121. The lowest BCUT2D eigenvalue weighted by atomic mass is 9.99. The molecule has 420 valence electrons. The van der Waals surface area contributed by atoms with Crippen molar-refractivity contribution in [1.82, 2.24) is 47.2 Å². The van der Waals surface area contributed by atoms with E-state index >= 15 is 0 Å². The smallest absolute Gasteiger partial charge is 0.326 e. The first kappa shape index (κ1) is 64.3. The lowest BCUT2D eigenvalue weighted by Gasteiger charge is -2.28. The number of phenolic OH excluding ortho intramolecular Hbond substituents is 1. The van der Waals surface area contributed by atoms with Crippen LogP contribution in [0.15, 0.2) is 41.8 Å². The Hall–Kier alpha value is -6.86. The number of rotatable bonds is 36. The van der Waals surface area contributed by atoms with Gasteiger partial charge in [-0.2, -0.15) is 0 Å². The summed E-state index contributed by atoms with van der Waals surface area (Å²) in [5, 5.41) is 38.7. The lowest BCUT2D eigenvalue weighted by Crippen LogP contribution is -2.61. The van der Waals surface area contributed by atoms with Crippen molar-refractivity contribution in [3.05, 3.63) is 48.0 Å². The molecule has 2 aromatic rings. The number of benzene rings is 1. The number of phenols is 1. The summed E-state index contributed by atoms with van der Waals surface area (Å²) in [6, 6.07) is -4.01. The quantitative estimate of drug-likeness (QED) is 0.0216. The van der Waals surface area contributed by atoms with E-state index in [-0.39, 0.29) is 81.6 Å². The second-order valence-corrected chi connectivity index (χ2v) is 20.0. The van der Waals surface area contributed by atoms with Crippen LogP contribution in [0.5, 0.6) is 5.75 Å². The van der Waals surface area contributed by atoms with Crippen molar-refractivity contribution in [2.45, 2.75) is 167 Å². The summed E-state index contributed by atoms with van der Waals surface area (Å²) in [7, 11) is 0. The Kier molecular flexibility index (Phi) is 29.0. The van der Waals surface area contributed by atoms with Gasteiger partial charge in [0, 0.05) is 31.3 Å². The van der Waals surface area contributed by atoms with Crippen LogP contribution in [0.25, 0.3) is 0 Å². The molecule has 75 heavy (non-hydrogen) atoms. The van der Waals surface area contributed by atoms with Crippen LogP contribution in [-0.4, -0.2) is 141 Å². The highest BCUT2D eigenvalue weighted by Gasteiger charge is 2.35. The molecular formula is C50H85N15O10. The van der Waals surface area contributed by atoms with E-state index in [2.05, 4.69) is 52.2 Å². The van der Waals surface area contributed by atoms with E-state index in [0.717, 1.165) is 0 Å². The summed E-state index contributed by atoms with van der Waals surface area (Å²) in [5.74, 6) is -7.23. The molecule has 0 unspecified atom stereocenters. The van der Waals surface area contributed by atoms with Crippen LogP contribution in [0.3, 0.4) is 0 Å². The van der Waals surface area contributed by atoms with Crippen LogP contribution >= 0.6 is 0 Å². The molecule has 0 saturated heterocycles. The number of hydrogen-bond acceptors (Lipinski definition) is 14. The monoisotopic (exact) mass is 1060 g/mol. The molecule has 0 fully saturated rings. The molecule has 0 spiro atoms. The van der Waals surface area contributed by atoms with E-state index in [1.165, 1.54) is 36.8 Å². The number of carboxylic acid groups (broad SMARTS) is 1. The molecule has 0 radical (unpaired) electrons. The van der Waals surface area contributed by atoms with Crippen molar-refractivity contribution in [3.8, 4) is 5.75 Å². The molecule has 0 aliphatic heterocycles. The molecule has 2 rings (SSSR count). The molecule has 1 heterocycles. The van der Waals surface area contributed by atoms with Gasteiger partial charge in [-0.15, -0.1) is 0 Å². The van der Waals surface area contributed by atoms with Crippen molar-refractivity contribution in [2.24, 2.45) is 51.4 Å². The lowest BCUT2D eigenvalue weighted by molar-refractivity contribution is -0.143. The van der Waals surface area contributed by atoms with E-state index in [0.29, 0.717) is 49.9 Å². The van der Waals surface area contributed by atoms with Crippen LogP contribution < -0.4 is 65.9 Å². The molecule has 0 bridgehead atoms. The summed E-state index contributed by atoms with van der Waals surface area (Å²) >= 11 is 0. The summed E-state index contributed by atoms with van der Waals surface area (Å²) in [6.45, 7) is 11.4. The highest BCUT2D eigenvalue weighted by Crippen LogP contribution is 2.15. The van der Waals surface area contributed by atoms with Gasteiger partial charge in [0.15, 0.2) is 5.96 Å². The largest absolute Gasteiger partial charge is 0.508 e. The number of aliphatic carboxylic acids is 1. The first-order chi connectivity index (χ1) is 35.4. The molecule has 20 N–H and O–H groups in total. The van der Waals surface area contributed by atoms with Crippen molar-refractivity contribution in [2.75, 3.05) is 19.6 Å². The van der Waals surface area contributed by atoms with E-state index in [9.17, 15) is 48.6 Å².